The molecule has 2 aromatic rings. The Labute approximate surface area is 277 Å². The SMILES string of the molecule is CNCCCCCN(CCCCCC(=O)[O-])S(=O)(=O)c1c(N)ccc2c(-c3ccccc3C(=O)[O-])c3ccc(=N)c(S(=O)(=O)[O-])c-3oc12. The number of carboxylic acids is 2. The predicted octanol–water partition coefficient (Wildman–Crippen LogP) is 1.22. The number of aliphatic carboxylic acids is 1. The fourth-order valence-corrected chi connectivity index (χ4v) is 8.11. The van der Waals surface area contributed by atoms with E-state index in [1.54, 1.807) is 7.05 Å². The largest absolute Gasteiger partial charge is 0.744 e. The highest BCUT2D eigenvalue weighted by Gasteiger charge is 2.33. The number of carboxylic acid groups (broad SMARTS) is 2. The third-order valence-corrected chi connectivity index (χ3v) is 10.8. The Bertz CT molecular complexity index is 2080. The molecule has 14 nitrogen and oxygen atoms in total. The van der Waals surface area contributed by atoms with Crippen LogP contribution in [0.2, 0.25) is 0 Å². The van der Waals surface area contributed by atoms with Crippen LogP contribution in [-0.2, 0) is 24.9 Å². The van der Waals surface area contributed by atoms with Crippen molar-refractivity contribution >= 4 is 48.7 Å². The van der Waals surface area contributed by atoms with Gasteiger partial charge in [0.2, 0.25) is 10.0 Å². The predicted molar refractivity (Wildman–Crippen MR) is 171 cm³/mol. The van der Waals surface area contributed by atoms with E-state index in [0.717, 1.165) is 19.0 Å². The normalized spacial score (nSPS) is 12.2. The van der Waals surface area contributed by atoms with Crippen LogP contribution in [0.3, 0.4) is 0 Å². The molecule has 4 N–H and O–H groups in total. The maximum absolute atomic E-state index is 14.5. The van der Waals surface area contributed by atoms with Gasteiger partial charge in [-0.15, -0.1) is 0 Å². The second-order valence-electron chi connectivity index (χ2n) is 11.2. The van der Waals surface area contributed by atoms with Crippen molar-refractivity contribution in [2.45, 2.75) is 54.7 Å². The first kappa shape index (κ1) is 36.5. The van der Waals surface area contributed by atoms with E-state index in [-0.39, 0.29) is 59.3 Å². The summed E-state index contributed by atoms with van der Waals surface area (Å²) in [6.07, 6.45) is 2.71. The number of nitrogens with two attached hydrogens (primary N) is 1. The van der Waals surface area contributed by atoms with Gasteiger partial charge in [-0.05, 0) is 75.5 Å². The number of nitrogens with one attached hydrogen (secondary N) is 2. The van der Waals surface area contributed by atoms with Gasteiger partial charge in [-0.3, -0.25) is 5.41 Å². The van der Waals surface area contributed by atoms with E-state index < -0.39 is 58.6 Å². The van der Waals surface area contributed by atoms with Crippen molar-refractivity contribution in [2.75, 3.05) is 32.4 Å². The monoisotopic (exact) mass is 699 g/mol. The summed E-state index contributed by atoms with van der Waals surface area (Å²) in [6.45, 7) is 0.771. The maximum Gasteiger partial charge on any atom is 0.248 e. The molecule has 1 aliphatic heterocycles. The summed E-state index contributed by atoms with van der Waals surface area (Å²) in [5, 5.41) is 33.6. The molecule has 1 aliphatic carbocycles. The molecule has 0 bridgehead atoms. The van der Waals surface area contributed by atoms with Crippen LogP contribution in [0.5, 0.6) is 0 Å². The maximum atomic E-state index is 14.5. The van der Waals surface area contributed by atoms with Crippen molar-refractivity contribution in [2.24, 2.45) is 0 Å². The summed E-state index contributed by atoms with van der Waals surface area (Å²) >= 11 is 0. The molecule has 2 aliphatic rings. The third-order valence-electron chi connectivity index (χ3n) is 7.88. The summed E-state index contributed by atoms with van der Waals surface area (Å²) in [5.41, 5.74) is 5.25. The molecule has 0 atom stereocenters. The number of carbonyl (C=O) groups excluding carboxylic acids is 2. The smallest absolute Gasteiger partial charge is 0.248 e. The Kier molecular flexibility index (Phi) is 11.6. The van der Waals surface area contributed by atoms with Gasteiger partial charge in [0, 0.05) is 41.1 Å². The first-order chi connectivity index (χ1) is 22.7. The number of hydrogen-bond acceptors (Lipinski definition) is 13. The van der Waals surface area contributed by atoms with Crippen LogP contribution in [0, 0.1) is 5.41 Å². The number of sulfonamides is 1. The average Bonchev–Trinajstić information content (AvgIpc) is 3.01. The Morgan fingerprint density at radius 3 is 2.17 bits per heavy atom. The number of unbranched alkanes of at least 4 members (excludes halogenated alkanes) is 4. The van der Waals surface area contributed by atoms with E-state index in [9.17, 15) is 41.2 Å². The minimum absolute atomic E-state index is 0.0117. The highest BCUT2D eigenvalue weighted by molar-refractivity contribution is 7.89. The second kappa shape index (κ2) is 15.3. The molecule has 16 heteroatoms. The molecule has 0 aromatic heterocycles. The molecule has 48 heavy (non-hydrogen) atoms. The van der Waals surface area contributed by atoms with Crippen molar-refractivity contribution in [3.63, 3.8) is 0 Å². The molecule has 4 rings (SSSR count). The molecule has 0 spiro atoms. The van der Waals surface area contributed by atoms with Gasteiger partial charge in [0.1, 0.15) is 19.9 Å². The molecule has 1 heterocycles. The summed E-state index contributed by atoms with van der Waals surface area (Å²) in [4.78, 5) is 21.5. The number of nitrogens with zero attached hydrogens (tertiary/aromatic N) is 1. The average molecular weight is 700 g/mol. The highest BCUT2D eigenvalue weighted by Crippen LogP contribution is 2.46. The van der Waals surface area contributed by atoms with E-state index in [1.165, 1.54) is 46.8 Å². The van der Waals surface area contributed by atoms with Crippen LogP contribution in [0.1, 0.15) is 55.3 Å². The fourth-order valence-electron chi connectivity index (χ4n) is 5.65. The molecular formula is C32H35N4O10S2-3. The van der Waals surface area contributed by atoms with Crippen LogP contribution in [0.4, 0.5) is 5.69 Å². The number of carbonyl (C=O) groups is 2. The zero-order valence-electron chi connectivity index (χ0n) is 26.1. The number of hydrogen-bond donors (Lipinski definition) is 3. The Hall–Kier alpha value is -4.35. The van der Waals surface area contributed by atoms with Gasteiger partial charge in [0.25, 0.3) is 0 Å². The van der Waals surface area contributed by atoms with Crippen molar-refractivity contribution in [3.05, 3.63) is 59.5 Å². The van der Waals surface area contributed by atoms with Gasteiger partial charge in [-0.25, -0.2) is 16.8 Å². The molecule has 2 aromatic carbocycles. The van der Waals surface area contributed by atoms with Crippen molar-refractivity contribution in [3.8, 4) is 22.5 Å². The lowest BCUT2D eigenvalue weighted by Gasteiger charge is -2.25. The second-order valence-corrected chi connectivity index (χ2v) is 14.4. The quantitative estimate of drug-likeness (QED) is 0.0609. The lowest BCUT2D eigenvalue weighted by Crippen LogP contribution is -2.34. The van der Waals surface area contributed by atoms with Crippen molar-refractivity contribution in [1.29, 1.82) is 5.41 Å². The first-order valence-electron chi connectivity index (χ1n) is 15.2. The van der Waals surface area contributed by atoms with Crippen molar-refractivity contribution < 1.29 is 45.6 Å². The van der Waals surface area contributed by atoms with E-state index in [0.29, 0.717) is 25.7 Å². The molecule has 258 valence electrons. The summed E-state index contributed by atoms with van der Waals surface area (Å²) < 4.78 is 73.6. The number of benzene rings is 3. The van der Waals surface area contributed by atoms with Gasteiger partial charge in [0.05, 0.1) is 17.0 Å². The number of anilines is 1. The van der Waals surface area contributed by atoms with Gasteiger partial charge < -0.3 is 39.8 Å². The summed E-state index contributed by atoms with van der Waals surface area (Å²) in [6, 6.07) is 10.6. The lowest BCUT2D eigenvalue weighted by molar-refractivity contribution is -0.305. The first-order valence-corrected chi connectivity index (χ1v) is 18.0. The third kappa shape index (κ3) is 7.85. The molecular weight excluding hydrogens is 665 g/mol. The molecule has 0 fully saturated rings. The number of rotatable bonds is 17. The van der Waals surface area contributed by atoms with Crippen LogP contribution >= 0.6 is 0 Å². The Morgan fingerprint density at radius 1 is 0.875 bits per heavy atom. The highest BCUT2D eigenvalue weighted by atomic mass is 32.2. The summed E-state index contributed by atoms with van der Waals surface area (Å²) in [5.74, 6) is -3.43. The zero-order valence-corrected chi connectivity index (χ0v) is 27.7. The fraction of sp³-hybridized carbons (Fsp3) is 0.344. The lowest BCUT2D eigenvalue weighted by atomic mass is 9.90. The molecule has 0 amide bonds. The molecule has 0 saturated carbocycles. The number of fused-ring (bicyclic) bond motifs is 2. The topological polar surface area (TPSA) is 250 Å². The van der Waals surface area contributed by atoms with Crippen molar-refractivity contribution in [1.82, 2.24) is 9.62 Å². The van der Waals surface area contributed by atoms with E-state index in [1.807, 2.05) is 0 Å². The van der Waals surface area contributed by atoms with E-state index in [2.05, 4.69) is 5.32 Å². The zero-order chi connectivity index (χ0) is 35.2. The summed E-state index contributed by atoms with van der Waals surface area (Å²) in [7, 11) is -8.12. The standard InChI is InChI=1S/C32H38N4O10S2/c1-35-17-7-3-9-19-36(18-8-2-4-12-26(37)38)47(41,42)30-24(33)15-13-22-27(20-10-5-6-11-21(20)32(39)40)23-14-16-25(34)31(48(43,44)45)29(23)46-28(22)30/h5-6,10-11,13-16,34-35H,2-4,7-9,12,17-19,33H2,1H3,(H,37,38)(H,39,40)(H,43,44,45)/p-3. The molecule has 0 saturated heterocycles. The van der Waals surface area contributed by atoms with Gasteiger partial charge in [-0.1, -0.05) is 37.1 Å². The van der Waals surface area contributed by atoms with Crippen LogP contribution < -0.4 is 26.6 Å². The van der Waals surface area contributed by atoms with Gasteiger partial charge in [0.15, 0.2) is 11.3 Å². The van der Waals surface area contributed by atoms with Crippen LogP contribution in [-0.4, -0.2) is 64.3 Å². The van der Waals surface area contributed by atoms with E-state index in [4.69, 9.17) is 15.6 Å². The molecule has 0 radical (unpaired) electrons. The molecule has 0 unspecified atom stereocenters. The van der Waals surface area contributed by atoms with Gasteiger partial charge >= 0.3 is 0 Å². The Morgan fingerprint density at radius 2 is 1.54 bits per heavy atom. The van der Waals surface area contributed by atoms with E-state index >= 15 is 0 Å². The minimum Gasteiger partial charge on any atom is -0.744 e. The van der Waals surface area contributed by atoms with Crippen LogP contribution in [0.15, 0.2) is 62.7 Å². The van der Waals surface area contributed by atoms with Crippen LogP contribution in [0.25, 0.3) is 33.4 Å². The number of nitrogen functional groups attached to an aromatic ring is 1. The van der Waals surface area contributed by atoms with Gasteiger partial charge in [-0.2, -0.15) is 4.31 Å². The minimum atomic E-state index is -5.37. The number of aromatic carboxylic acids is 1. The Balaban J connectivity index is 2.03.